The van der Waals surface area contributed by atoms with Crippen LogP contribution in [0.4, 0.5) is 0 Å². The Morgan fingerprint density at radius 3 is 2.46 bits per heavy atom. The van der Waals surface area contributed by atoms with Crippen molar-refractivity contribution in [3.63, 3.8) is 0 Å². The summed E-state index contributed by atoms with van der Waals surface area (Å²) in [5.41, 5.74) is 1.64. The molecule has 3 aromatic carbocycles. The number of carbonyl (C=O) groups excluding carboxylic acids is 1. The summed E-state index contributed by atoms with van der Waals surface area (Å²) in [5.74, 6) is 1.25. The van der Waals surface area contributed by atoms with Crippen molar-refractivity contribution in [3.8, 4) is 11.5 Å². The molecule has 132 valence electrons. The van der Waals surface area contributed by atoms with E-state index in [1.807, 2.05) is 54.6 Å². The molecule has 5 heteroatoms. The average Bonchev–Trinajstić information content (AvgIpc) is 2.69. The highest BCUT2D eigenvalue weighted by Crippen LogP contribution is 2.29. The van der Waals surface area contributed by atoms with E-state index in [1.165, 1.54) is 0 Å². The summed E-state index contributed by atoms with van der Waals surface area (Å²) in [6.45, 7) is 0.471. The SMILES string of the molecule is COc1ccccc1C(=O)Pc1ccc(OCc2ccccc2)cc1Cl. The van der Waals surface area contributed by atoms with Crippen molar-refractivity contribution in [3.05, 3.63) is 88.9 Å². The van der Waals surface area contributed by atoms with E-state index in [-0.39, 0.29) is 14.1 Å². The van der Waals surface area contributed by atoms with Crippen molar-refractivity contribution < 1.29 is 14.3 Å². The number of ether oxygens (including phenoxy) is 2. The Kier molecular flexibility index (Phi) is 6.27. The smallest absolute Gasteiger partial charge is 0.189 e. The van der Waals surface area contributed by atoms with Crippen LogP contribution in [0.25, 0.3) is 0 Å². The number of halogens is 1. The second-order valence-corrected chi connectivity index (χ2v) is 7.22. The molecule has 0 aromatic heterocycles. The lowest BCUT2D eigenvalue weighted by Crippen LogP contribution is -2.05. The zero-order chi connectivity index (χ0) is 18.4. The van der Waals surface area contributed by atoms with E-state index in [2.05, 4.69) is 0 Å². The molecule has 0 spiro atoms. The molecule has 0 amide bonds. The van der Waals surface area contributed by atoms with Gasteiger partial charge in [-0.3, -0.25) is 4.79 Å². The first kappa shape index (κ1) is 18.4. The number of hydrogen-bond acceptors (Lipinski definition) is 3. The topological polar surface area (TPSA) is 35.5 Å². The van der Waals surface area contributed by atoms with Crippen molar-refractivity contribution in [1.82, 2.24) is 0 Å². The monoisotopic (exact) mass is 384 g/mol. The zero-order valence-electron chi connectivity index (χ0n) is 14.2. The Bertz CT molecular complexity index is 897. The Hall–Kier alpha value is -2.35. The molecule has 0 heterocycles. The quantitative estimate of drug-likeness (QED) is 0.533. The molecule has 0 fully saturated rings. The maximum atomic E-state index is 12.6. The minimum absolute atomic E-state index is 0.0118. The fourth-order valence-corrected chi connectivity index (χ4v) is 3.71. The summed E-state index contributed by atoms with van der Waals surface area (Å²) in [6, 6.07) is 22.6. The highest BCUT2D eigenvalue weighted by Gasteiger charge is 2.14. The van der Waals surface area contributed by atoms with Crippen LogP contribution in [0.1, 0.15) is 15.9 Å². The zero-order valence-corrected chi connectivity index (χ0v) is 16.0. The number of benzene rings is 3. The fraction of sp³-hybridized carbons (Fsp3) is 0.0952. The highest BCUT2D eigenvalue weighted by molar-refractivity contribution is 7.66. The van der Waals surface area contributed by atoms with Crippen molar-refractivity contribution in [2.24, 2.45) is 0 Å². The minimum atomic E-state index is -0.0812. The standard InChI is InChI=1S/C21H18ClO3P/c1-24-19-10-6-5-9-17(19)21(23)26-20-12-11-16(13-18(20)22)25-14-15-7-3-2-4-8-15/h2-13,26H,14H2,1H3. The van der Waals surface area contributed by atoms with Crippen LogP contribution < -0.4 is 14.8 Å². The molecule has 0 aliphatic heterocycles. The van der Waals surface area contributed by atoms with Gasteiger partial charge in [-0.25, -0.2) is 0 Å². The van der Waals surface area contributed by atoms with E-state index in [4.69, 9.17) is 21.1 Å². The first-order valence-corrected chi connectivity index (χ1v) is 9.46. The second-order valence-electron chi connectivity index (χ2n) is 5.57. The molecule has 26 heavy (non-hydrogen) atoms. The summed E-state index contributed by atoms with van der Waals surface area (Å²) in [6.07, 6.45) is 0. The third-order valence-corrected chi connectivity index (χ3v) is 5.46. The largest absolute Gasteiger partial charge is 0.496 e. The Balaban J connectivity index is 1.68. The normalized spacial score (nSPS) is 10.8. The number of carbonyl (C=O) groups is 1. The minimum Gasteiger partial charge on any atom is -0.496 e. The third-order valence-electron chi connectivity index (χ3n) is 3.79. The van der Waals surface area contributed by atoms with E-state index >= 15 is 0 Å². The van der Waals surface area contributed by atoms with E-state index in [0.29, 0.717) is 28.7 Å². The Morgan fingerprint density at radius 1 is 1.00 bits per heavy atom. The lowest BCUT2D eigenvalue weighted by Gasteiger charge is -2.10. The predicted molar refractivity (Wildman–Crippen MR) is 107 cm³/mol. The van der Waals surface area contributed by atoms with Crippen LogP contribution in [0.3, 0.4) is 0 Å². The molecule has 3 aromatic rings. The van der Waals surface area contributed by atoms with Crippen LogP contribution in [0.5, 0.6) is 11.5 Å². The van der Waals surface area contributed by atoms with Gasteiger partial charge in [0.1, 0.15) is 18.1 Å². The molecule has 3 rings (SSSR count). The van der Waals surface area contributed by atoms with Crippen molar-refractivity contribution in [2.45, 2.75) is 6.61 Å². The van der Waals surface area contributed by atoms with Gasteiger partial charge >= 0.3 is 0 Å². The van der Waals surface area contributed by atoms with Gasteiger partial charge in [0, 0.05) is 0 Å². The maximum absolute atomic E-state index is 12.6. The lowest BCUT2D eigenvalue weighted by molar-refractivity contribution is 0.108. The molecule has 0 saturated carbocycles. The van der Waals surface area contributed by atoms with Crippen LogP contribution in [-0.4, -0.2) is 12.6 Å². The number of rotatable bonds is 7. The molecule has 0 saturated heterocycles. The molecular weight excluding hydrogens is 367 g/mol. The molecule has 1 unspecified atom stereocenters. The third kappa shape index (κ3) is 4.63. The molecule has 0 radical (unpaired) electrons. The highest BCUT2D eigenvalue weighted by atomic mass is 35.5. The number of para-hydroxylation sites is 1. The van der Waals surface area contributed by atoms with Gasteiger partial charge in [0.15, 0.2) is 5.52 Å². The molecule has 0 bridgehead atoms. The molecule has 1 atom stereocenters. The fourth-order valence-electron chi connectivity index (χ4n) is 2.45. The van der Waals surface area contributed by atoms with Gasteiger partial charge in [-0.2, -0.15) is 0 Å². The first-order chi connectivity index (χ1) is 12.7. The Morgan fingerprint density at radius 2 is 1.73 bits per heavy atom. The van der Waals surface area contributed by atoms with Crippen LogP contribution in [-0.2, 0) is 6.61 Å². The van der Waals surface area contributed by atoms with E-state index < -0.39 is 0 Å². The van der Waals surface area contributed by atoms with Gasteiger partial charge in [0.05, 0.1) is 17.7 Å². The van der Waals surface area contributed by atoms with Crippen LogP contribution in [0, 0.1) is 0 Å². The summed E-state index contributed by atoms with van der Waals surface area (Å²) < 4.78 is 11.0. The Labute approximate surface area is 159 Å². The van der Waals surface area contributed by atoms with E-state index in [9.17, 15) is 4.79 Å². The summed E-state index contributed by atoms with van der Waals surface area (Å²) in [7, 11) is 1.48. The van der Waals surface area contributed by atoms with Crippen molar-refractivity contribution in [2.75, 3.05) is 7.11 Å². The molecule has 3 nitrogen and oxygen atoms in total. The average molecular weight is 385 g/mol. The molecular formula is C21H18ClO3P. The maximum Gasteiger partial charge on any atom is 0.189 e. The van der Waals surface area contributed by atoms with Gasteiger partial charge in [0.25, 0.3) is 0 Å². The van der Waals surface area contributed by atoms with Gasteiger partial charge in [-0.1, -0.05) is 54.1 Å². The molecule has 0 aliphatic rings. The number of hydrogen-bond donors (Lipinski definition) is 0. The van der Waals surface area contributed by atoms with Gasteiger partial charge < -0.3 is 9.47 Å². The predicted octanol–water partition coefficient (Wildman–Crippen LogP) is 5.07. The lowest BCUT2D eigenvalue weighted by atomic mass is 10.2. The molecule has 0 N–H and O–H groups in total. The van der Waals surface area contributed by atoms with Crippen molar-refractivity contribution in [1.29, 1.82) is 0 Å². The van der Waals surface area contributed by atoms with E-state index in [1.54, 1.807) is 25.3 Å². The first-order valence-electron chi connectivity index (χ1n) is 8.08. The molecule has 0 aliphatic carbocycles. The van der Waals surface area contributed by atoms with Crippen LogP contribution in [0.15, 0.2) is 72.8 Å². The van der Waals surface area contributed by atoms with Gasteiger partial charge in [-0.15, -0.1) is 0 Å². The summed E-state index contributed by atoms with van der Waals surface area (Å²) in [4.78, 5) is 12.6. The second kappa shape index (κ2) is 8.84. The number of methoxy groups -OCH3 is 1. The van der Waals surface area contributed by atoms with E-state index in [0.717, 1.165) is 10.9 Å². The summed E-state index contributed by atoms with van der Waals surface area (Å²) in [5, 5.41) is 1.31. The van der Waals surface area contributed by atoms with Crippen LogP contribution in [0.2, 0.25) is 5.02 Å². The summed E-state index contributed by atoms with van der Waals surface area (Å²) >= 11 is 6.36. The van der Waals surface area contributed by atoms with Gasteiger partial charge in [-0.05, 0) is 49.8 Å². The van der Waals surface area contributed by atoms with Gasteiger partial charge in [0.2, 0.25) is 0 Å². The van der Waals surface area contributed by atoms with Crippen LogP contribution >= 0.6 is 20.2 Å². The van der Waals surface area contributed by atoms with Crippen molar-refractivity contribution >= 4 is 31.0 Å².